The minimum Gasteiger partial charge on any atom is -0.481 e. The van der Waals surface area contributed by atoms with E-state index in [0.717, 1.165) is 38.6 Å². The van der Waals surface area contributed by atoms with Crippen molar-refractivity contribution >= 4 is 17.8 Å². The molecule has 1 unspecified atom stereocenters. The highest BCUT2D eigenvalue weighted by Gasteiger charge is 2.32. The van der Waals surface area contributed by atoms with Crippen LogP contribution in [0, 0.1) is 11.8 Å². The van der Waals surface area contributed by atoms with Gasteiger partial charge in [0.1, 0.15) is 0 Å². The maximum Gasteiger partial charge on any atom is 0.303 e. The van der Waals surface area contributed by atoms with Crippen molar-refractivity contribution in [3.63, 3.8) is 0 Å². The van der Waals surface area contributed by atoms with E-state index in [1.165, 1.54) is 0 Å². The molecule has 2 rings (SSSR count). The third-order valence-electron chi connectivity index (χ3n) is 4.98. The Balaban J connectivity index is 1.83. The molecule has 2 fully saturated rings. The van der Waals surface area contributed by atoms with Gasteiger partial charge in [-0.3, -0.25) is 14.4 Å². The van der Waals surface area contributed by atoms with E-state index in [9.17, 15) is 14.4 Å². The lowest BCUT2D eigenvalue weighted by molar-refractivity contribution is -0.142. The van der Waals surface area contributed by atoms with Gasteiger partial charge in [-0.15, -0.1) is 0 Å². The van der Waals surface area contributed by atoms with Gasteiger partial charge in [-0.1, -0.05) is 6.92 Å². The fourth-order valence-electron chi connectivity index (χ4n) is 3.64. The summed E-state index contributed by atoms with van der Waals surface area (Å²) in [7, 11) is 0. The third-order valence-corrected chi connectivity index (χ3v) is 4.98. The fraction of sp³-hybridized carbons (Fsp3) is 0.824. The van der Waals surface area contributed by atoms with E-state index in [1.807, 2.05) is 16.7 Å². The predicted molar refractivity (Wildman–Crippen MR) is 85.8 cm³/mol. The molecule has 2 heterocycles. The van der Waals surface area contributed by atoms with Crippen molar-refractivity contribution in [1.29, 1.82) is 0 Å². The molecular weight excluding hydrogens is 296 g/mol. The summed E-state index contributed by atoms with van der Waals surface area (Å²) in [4.78, 5) is 39.2. The quantitative estimate of drug-likeness (QED) is 0.835. The largest absolute Gasteiger partial charge is 0.481 e. The Kier molecular flexibility index (Phi) is 6.42. The highest BCUT2D eigenvalue weighted by Crippen LogP contribution is 2.25. The summed E-state index contributed by atoms with van der Waals surface area (Å²) < 4.78 is 0. The van der Waals surface area contributed by atoms with Gasteiger partial charge in [0.25, 0.3) is 0 Å². The molecular formula is C17H28N2O4. The lowest BCUT2D eigenvalue weighted by Gasteiger charge is -2.37. The van der Waals surface area contributed by atoms with E-state index >= 15 is 0 Å². The summed E-state index contributed by atoms with van der Waals surface area (Å²) in [6.07, 6.45) is 4.87. The van der Waals surface area contributed by atoms with Crippen LogP contribution in [0.3, 0.4) is 0 Å². The molecule has 130 valence electrons. The molecule has 0 aromatic rings. The summed E-state index contributed by atoms with van der Waals surface area (Å²) in [5.41, 5.74) is 0. The van der Waals surface area contributed by atoms with Crippen molar-refractivity contribution in [2.75, 3.05) is 26.2 Å². The third kappa shape index (κ3) is 4.94. The van der Waals surface area contributed by atoms with Gasteiger partial charge in [0, 0.05) is 39.0 Å². The van der Waals surface area contributed by atoms with Crippen molar-refractivity contribution in [2.24, 2.45) is 11.8 Å². The molecule has 2 amide bonds. The SMILES string of the molecule is CCCC(=O)N1CCCC(C(=O)N2CCC(CC(=O)O)CC2)C1. The molecule has 6 heteroatoms. The van der Waals surface area contributed by atoms with Gasteiger partial charge in [-0.05, 0) is 38.0 Å². The lowest BCUT2D eigenvalue weighted by atomic mass is 9.91. The number of piperidine rings is 2. The molecule has 6 nitrogen and oxygen atoms in total. The van der Waals surface area contributed by atoms with Crippen molar-refractivity contribution in [3.8, 4) is 0 Å². The second kappa shape index (κ2) is 8.31. The second-order valence-electron chi connectivity index (χ2n) is 6.80. The minimum absolute atomic E-state index is 0.0828. The number of hydrogen-bond acceptors (Lipinski definition) is 3. The van der Waals surface area contributed by atoms with E-state index in [1.54, 1.807) is 0 Å². The average Bonchev–Trinajstić information content (AvgIpc) is 2.55. The average molecular weight is 324 g/mol. The molecule has 0 saturated carbocycles. The topological polar surface area (TPSA) is 77.9 Å². The summed E-state index contributed by atoms with van der Waals surface area (Å²) in [6, 6.07) is 0. The van der Waals surface area contributed by atoms with Crippen LogP contribution >= 0.6 is 0 Å². The molecule has 1 atom stereocenters. The van der Waals surface area contributed by atoms with E-state index < -0.39 is 5.97 Å². The summed E-state index contributed by atoms with van der Waals surface area (Å²) in [5.74, 6) is -0.351. The van der Waals surface area contributed by atoms with Crippen LogP contribution in [0.2, 0.25) is 0 Å². The first-order valence-electron chi connectivity index (χ1n) is 8.79. The number of carbonyl (C=O) groups excluding carboxylic acids is 2. The standard InChI is InChI=1S/C17H28N2O4/c1-2-4-15(20)19-8-3-5-14(12-19)17(23)18-9-6-13(7-10-18)11-16(21)22/h13-14H,2-12H2,1H3,(H,21,22). The molecule has 0 aromatic carbocycles. The van der Waals surface area contributed by atoms with E-state index in [2.05, 4.69) is 0 Å². The highest BCUT2D eigenvalue weighted by atomic mass is 16.4. The second-order valence-corrected chi connectivity index (χ2v) is 6.80. The highest BCUT2D eigenvalue weighted by molar-refractivity contribution is 5.81. The lowest BCUT2D eigenvalue weighted by Crippen LogP contribution is -2.48. The number of nitrogens with zero attached hydrogens (tertiary/aromatic N) is 2. The minimum atomic E-state index is -0.757. The monoisotopic (exact) mass is 324 g/mol. The zero-order valence-corrected chi connectivity index (χ0v) is 14.0. The van der Waals surface area contributed by atoms with E-state index in [-0.39, 0.29) is 30.1 Å². The molecule has 2 saturated heterocycles. The Morgan fingerprint density at radius 1 is 1.04 bits per heavy atom. The maximum atomic E-state index is 12.7. The van der Waals surface area contributed by atoms with Crippen LogP contribution < -0.4 is 0 Å². The Bertz CT molecular complexity index is 444. The number of aliphatic carboxylic acids is 1. The number of carbonyl (C=O) groups is 3. The maximum absolute atomic E-state index is 12.7. The predicted octanol–water partition coefficient (Wildman–Crippen LogP) is 1.74. The Morgan fingerprint density at radius 3 is 2.35 bits per heavy atom. The van der Waals surface area contributed by atoms with Gasteiger partial charge >= 0.3 is 5.97 Å². The van der Waals surface area contributed by atoms with E-state index in [0.29, 0.717) is 26.1 Å². The Morgan fingerprint density at radius 2 is 1.74 bits per heavy atom. The summed E-state index contributed by atoms with van der Waals surface area (Å²) in [6.45, 7) is 4.61. The molecule has 0 aliphatic carbocycles. The van der Waals surface area contributed by atoms with Crippen LogP contribution in [0.1, 0.15) is 51.9 Å². The molecule has 23 heavy (non-hydrogen) atoms. The van der Waals surface area contributed by atoms with Gasteiger partial charge < -0.3 is 14.9 Å². The van der Waals surface area contributed by atoms with E-state index in [4.69, 9.17) is 5.11 Å². The van der Waals surface area contributed by atoms with Gasteiger partial charge in [0.05, 0.1) is 5.92 Å². The van der Waals surface area contributed by atoms with Gasteiger partial charge in [-0.25, -0.2) is 0 Å². The number of likely N-dealkylation sites (tertiary alicyclic amines) is 2. The number of hydrogen-bond donors (Lipinski definition) is 1. The summed E-state index contributed by atoms with van der Waals surface area (Å²) >= 11 is 0. The first-order chi connectivity index (χ1) is 11.0. The van der Waals surface area contributed by atoms with Crippen molar-refractivity contribution in [2.45, 2.75) is 51.9 Å². The van der Waals surface area contributed by atoms with Gasteiger partial charge in [-0.2, -0.15) is 0 Å². The molecule has 0 aromatic heterocycles. The zero-order valence-electron chi connectivity index (χ0n) is 14.0. The number of carboxylic acids is 1. The fourth-order valence-corrected chi connectivity index (χ4v) is 3.64. The number of carboxylic acid groups (broad SMARTS) is 1. The zero-order chi connectivity index (χ0) is 16.8. The molecule has 0 radical (unpaired) electrons. The van der Waals surface area contributed by atoms with Gasteiger partial charge in [0.15, 0.2) is 0 Å². The molecule has 2 aliphatic rings. The smallest absolute Gasteiger partial charge is 0.303 e. The van der Waals surface area contributed by atoms with Crippen molar-refractivity contribution in [3.05, 3.63) is 0 Å². The van der Waals surface area contributed by atoms with Crippen molar-refractivity contribution in [1.82, 2.24) is 9.80 Å². The van der Waals surface area contributed by atoms with Gasteiger partial charge in [0.2, 0.25) is 11.8 Å². The first-order valence-corrected chi connectivity index (χ1v) is 8.79. The van der Waals surface area contributed by atoms with Crippen LogP contribution in [0.25, 0.3) is 0 Å². The Hall–Kier alpha value is -1.59. The van der Waals surface area contributed by atoms with Crippen LogP contribution in [-0.2, 0) is 14.4 Å². The molecule has 0 spiro atoms. The van der Waals surface area contributed by atoms with Crippen LogP contribution in [-0.4, -0.2) is 58.9 Å². The number of amides is 2. The summed E-state index contributed by atoms with van der Waals surface area (Å²) in [5, 5.41) is 8.85. The molecule has 0 bridgehead atoms. The van der Waals surface area contributed by atoms with Crippen LogP contribution in [0.4, 0.5) is 0 Å². The normalized spacial score (nSPS) is 22.9. The van der Waals surface area contributed by atoms with Crippen LogP contribution in [0.15, 0.2) is 0 Å². The molecule has 1 N–H and O–H groups in total. The molecule has 2 aliphatic heterocycles. The number of rotatable bonds is 5. The first kappa shape index (κ1) is 17.8. The Labute approximate surface area is 137 Å². The van der Waals surface area contributed by atoms with Crippen molar-refractivity contribution < 1.29 is 19.5 Å². The van der Waals surface area contributed by atoms with Crippen LogP contribution in [0.5, 0.6) is 0 Å².